The number of nitrogens with one attached hydrogen (secondary N) is 3. The first-order chi connectivity index (χ1) is 13.2. The van der Waals surface area contributed by atoms with Crippen molar-refractivity contribution < 1.29 is 9.59 Å². The van der Waals surface area contributed by atoms with Crippen LogP contribution in [-0.2, 0) is 10.2 Å². The fraction of sp³-hybridized carbons (Fsp3) is 0.318. The molecular weight excluding hydrogens is 370 g/mol. The van der Waals surface area contributed by atoms with E-state index in [0.29, 0.717) is 12.0 Å². The largest absolute Gasteiger partial charge is 0.332 e. The summed E-state index contributed by atoms with van der Waals surface area (Å²) in [5.74, 6) is -0.273. The van der Waals surface area contributed by atoms with Crippen molar-refractivity contribution in [1.82, 2.24) is 5.32 Å². The number of rotatable bonds is 5. The maximum atomic E-state index is 12.4. The van der Waals surface area contributed by atoms with Gasteiger partial charge in [-0.3, -0.25) is 14.9 Å². The summed E-state index contributed by atoms with van der Waals surface area (Å²) < 4.78 is 0. The quantitative estimate of drug-likeness (QED) is 0.631. The minimum absolute atomic E-state index is 0.0107. The molecule has 0 atom stereocenters. The number of thiocarbonyl (C=S) groups is 1. The highest BCUT2D eigenvalue weighted by atomic mass is 32.1. The van der Waals surface area contributed by atoms with Crippen LogP contribution in [0.3, 0.4) is 0 Å². The molecule has 2 rings (SSSR count). The predicted octanol–water partition coefficient (Wildman–Crippen LogP) is 4.85. The number of carbonyl (C=O) groups excluding carboxylic acids is 2. The highest BCUT2D eigenvalue weighted by Gasteiger charge is 2.14. The van der Waals surface area contributed by atoms with E-state index in [1.807, 2.05) is 19.1 Å². The number of hydrogen-bond donors (Lipinski definition) is 3. The third kappa shape index (κ3) is 6.46. The predicted molar refractivity (Wildman–Crippen MR) is 119 cm³/mol. The van der Waals surface area contributed by atoms with E-state index in [1.54, 1.807) is 36.4 Å². The van der Waals surface area contributed by atoms with Crippen LogP contribution >= 0.6 is 12.2 Å². The molecule has 6 heteroatoms. The molecule has 2 aromatic carbocycles. The summed E-state index contributed by atoms with van der Waals surface area (Å²) in [5, 5.41) is 8.69. The zero-order valence-corrected chi connectivity index (χ0v) is 17.6. The average Bonchev–Trinajstić information content (AvgIpc) is 2.63. The van der Waals surface area contributed by atoms with Gasteiger partial charge in [0.2, 0.25) is 5.91 Å². The number of benzene rings is 2. The van der Waals surface area contributed by atoms with Crippen molar-refractivity contribution in [2.24, 2.45) is 0 Å². The lowest BCUT2D eigenvalue weighted by atomic mass is 9.87. The first-order valence-corrected chi connectivity index (χ1v) is 9.72. The highest BCUT2D eigenvalue weighted by molar-refractivity contribution is 7.80. The van der Waals surface area contributed by atoms with Gasteiger partial charge in [-0.2, -0.15) is 0 Å². The first kappa shape index (κ1) is 21.6. The Balaban J connectivity index is 1.91. The third-order valence-electron chi connectivity index (χ3n) is 4.14. The minimum Gasteiger partial charge on any atom is -0.332 e. The number of hydrogen-bond acceptors (Lipinski definition) is 3. The van der Waals surface area contributed by atoms with Gasteiger partial charge in [0.25, 0.3) is 5.91 Å². The lowest BCUT2D eigenvalue weighted by Gasteiger charge is -2.19. The lowest BCUT2D eigenvalue weighted by molar-refractivity contribution is -0.116. The topological polar surface area (TPSA) is 70.2 Å². The van der Waals surface area contributed by atoms with E-state index >= 15 is 0 Å². The minimum atomic E-state index is -0.263. The molecule has 0 radical (unpaired) electrons. The van der Waals surface area contributed by atoms with Gasteiger partial charge in [0, 0.05) is 23.4 Å². The molecule has 0 heterocycles. The lowest BCUT2D eigenvalue weighted by Crippen LogP contribution is -2.34. The van der Waals surface area contributed by atoms with E-state index in [4.69, 9.17) is 12.2 Å². The molecule has 2 amide bonds. The molecule has 0 saturated carbocycles. The van der Waals surface area contributed by atoms with E-state index in [2.05, 4.69) is 36.7 Å². The Hall–Kier alpha value is -2.73. The van der Waals surface area contributed by atoms with Crippen molar-refractivity contribution in [3.8, 4) is 0 Å². The van der Waals surface area contributed by atoms with Crippen molar-refractivity contribution in [2.75, 3.05) is 10.6 Å². The third-order valence-corrected chi connectivity index (χ3v) is 4.35. The van der Waals surface area contributed by atoms with Crippen LogP contribution in [-0.4, -0.2) is 16.9 Å². The molecule has 0 aliphatic rings. The van der Waals surface area contributed by atoms with Crippen molar-refractivity contribution in [3.63, 3.8) is 0 Å². The number of carbonyl (C=O) groups is 2. The molecule has 5 nitrogen and oxygen atoms in total. The van der Waals surface area contributed by atoms with Crippen LogP contribution in [0.25, 0.3) is 0 Å². The summed E-state index contributed by atoms with van der Waals surface area (Å²) in [5.41, 5.74) is 3.19. The molecule has 0 aliphatic carbocycles. The average molecular weight is 398 g/mol. The molecule has 0 spiro atoms. The summed E-state index contributed by atoms with van der Waals surface area (Å²) in [4.78, 5) is 24.0. The van der Waals surface area contributed by atoms with Crippen molar-refractivity contribution >= 4 is 40.5 Å². The maximum absolute atomic E-state index is 12.4. The van der Waals surface area contributed by atoms with Crippen LogP contribution < -0.4 is 16.0 Å². The summed E-state index contributed by atoms with van der Waals surface area (Å²) in [7, 11) is 0. The van der Waals surface area contributed by atoms with Gasteiger partial charge < -0.3 is 10.6 Å². The zero-order chi connectivity index (χ0) is 20.7. The monoisotopic (exact) mass is 397 g/mol. The van der Waals surface area contributed by atoms with Gasteiger partial charge in [0.05, 0.1) is 0 Å². The summed E-state index contributed by atoms with van der Waals surface area (Å²) >= 11 is 5.22. The second kappa shape index (κ2) is 9.46. The van der Waals surface area contributed by atoms with Gasteiger partial charge in [0.15, 0.2) is 5.11 Å². The normalized spacial score (nSPS) is 10.9. The van der Waals surface area contributed by atoms with Gasteiger partial charge >= 0.3 is 0 Å². The molecular formula is C22H27N3O2S. The number of amides is 2. The van der Waals surface area contributed by atoms with E-state index in [9.17, 15) is 9.59 Å². The highest BCUT2D eigenvalue weighted by Crippen LogP contribution is 2.22. The van der Waals surface area contributed by atoms with Gasteiger partial charge in [-0.15, -0.1) is 0 Å². The van der Waals surface area contributed by atoms with Crippen LogP contribution in [0.5, 0.6) is 0 Å². The molecule has 0 aromatic heterocycles. The fourth-order valence-electron chi connectivity index (χ4n) is 2.55. The number of anilines is 2. The van der Waals surface area contributed by atoms with E-state index in [1.165, 1.54) is 0 Å². The van der Waals surface area contributed by atoms with E-state index < -0.39 is 0 Å². The van der Waals surface area contributed by atoms with E-state index in [0.717, 1.165) is 23.4 Å². The molecule has 148 valence electrons. The summed E-state index contributed by atoms with van der Waals surface area (Å²) in [6, 6.07) is 14.7. The molecule has 0 saturated heterocycles. The second-order valence-electron chi connectivity index (χ2n) is 7.61. The van der Waals surface area contributed by atoms with Crippen LogP contribution in [0, 0.1) is 0 Å². The second-order valence-corrected chi connectivity index (χ2v) is 8.02. The smallest absolute Gasteiger partial charge is 0.257 e. The van der Waals surface area contributed by atoms with Crippen LogP contribution in [0.4, 0.5) is 11.4 Å². The molecule has 0 unspecified atom stereocenters. The summed E-state index contributed by atoms with van der Waals surface area (Å²) in [6.45, 7) is 8.34. The Morgan fingerprint density at radius 3 is 1.93 bits per heavy atom. The SMILES string of the molecule is CCCC(=O)Nc1ccc(NC(=S)NC(=O)c2ccc(C(C)(C)C)cc2)cc1. The summed E-state index contributed by atoms with van der Waals surface area (Å²) in [6.07, 6.45) is 1.30. The Morgan fingerprint density at radius 1 is 0.893 bits per heavy atom. The molecule has 0 fully saturated rings. The molecule has 3 N–H and O–H groups in total. The van der Waals surface area contributed by atoms with Crippen LogP contribution in [0.1, 0.15) is 56.5 Å². The standard InChI is InChI=1S/C22H27N3O2S/c1-5-6-19(26)23-17-11-13-18(14-12-17)24-21(28)25-20(27)15-7-9-16(10-8-15)22(2,3)4/h7-14H,5-6H2,1-4H3,(H,23,26)(H2,24,25,27,28). The fourth-order valence-corrected chi connectivity index (χ4v) is 2.76. The van der Waals surface area contributed by atoms with Gasteiger partial charge in [-0.25, -0.2) is 0 Å². The van der Waals surface area contributed by atoms with E-state index in [-0.39, 0.29) is 22.3 Å². The van der Waals surface area contributed by atoms with Crippen LogP contribution in [0.2, 0.25) is 0 Å². The molecule has 2 aromatic rings. The van der Waals surface area contributed by atoms with Crippen molar-refractivity contribution in [3.05, 3.63) is 59.7 Å². The van der Waals surface area contributed by atoms with Gasteiger partial charge in [0.1, 0.15) is 0 Å². The Morgan fingerprint density at radius 2 is 1.43 bits per heavy atom. The Labute approximate surface area is 171 Å². The van der Waals surface area contributed by atoms with Crippen molar-refractivity contribution in [2.45, 2.75) is 46.0 Å². The first-order valence-electron chi connectivity index (χ1n) is 9.32. The Kier molecular flexibility index (Phi) is 7.29. The molecule has 0 aliphatic heterocycles. The Bertz CT molecular complexity index is 838. The van der Waals surface area contributed by atoms with Crippen molar-refractivity contribution in [1.29, 1.82) is 0 Å². The zero-order valence-electron chi connectivity index (χ0n) is 16.8. The molecule has 28 heavy (non-hydrogen) atoms. The van der Waals surface area contributed by atoms with Gasteiger partial charge in [-0.05, 0) is 66.0 Å². The van der Waals surface area contributed by atoms with Gasteiger partial charge in [-0.1, -0.05) is 39.8 Å². The maximum Gasteiger partial charge on any atom is 0.257 e. The molecule has 0 bridgehead atoms. The van der Waals surface area contributed by atoms with Crippen LogP contribution in [0.15, 0.2) is 48.5 Å².